The summed E-state index contributed by atoms with van der Waals surface area (Å²) in [7, 11) is 0. The summed E-state index contributed by atoms with van der Waals surface area (Å²) in [5.41, 5.74) is 5.46. The van der Waals surface area contributed by atoms with Crippen molar-refractivity contribution in [3.05, 3.63) is 82.1 Å². The second-order valence-electron chi connectivity index (χ2n) is 6.43. The van der Waals surface area contributed by atoms with Gasteiger partial charge in [0.2, 0.25) is 0 Å². The molecule has 4 rings (SSSR count). The predicted octanol–water partition coefficient (Wildman–Crippen LogP) is 4.34. The first-order valence-corrected chi connectivity index (χ1v) is 8.98. The van der Waals surface area contributed by atoms with Gasteiger partial charge in [0, 0.05) is 54.0 Å². The maximum absolute atomic E-state index is 5.96. The molecule has 1 aromatic heterocycles. The quantitative estimate of drug-likeness (QED) is 0.651. The molecule has 4 heteroatoms. The fourth-order valence-electron chi connectivity index (χ4n) is 3.29. The van der Waals surface area contributed by atoms with E-state index < -0.39 is 0 Å². The van der Waals surface area contributed by atoms with Crippen LogP contribution in [0.4, 0.5) is 0 Å². The van der Waals surface area contributed by atoms with Crippen LogP contribution in [0.3, 0.4) is 0 Å². The molecule has 0 atom stereocenters. The zero-order valence-corrected chi connectivity index (χ0v) is 15.1. The third kappa shape index (κ3) is 3.48. The van der Waals surface area contributed by atoms with Gasteiger partial charge in [0.15, 0.2) is 5.82 Å². The second-order valence-corrected chi connectivity index (χ2v) is 6.87. The van der Waals surface area contributed by atoms with Crippen molar-refractivity contribution >= 4 is 11.6 Å². The van der Waals surface area contributed by atoms with E-state index in [9.17, 15) is 0 Å². The summed E-state index contributed by atoms with van der Waals surface area (Å²) in [6.07, 6.45) is 8.48. The normalized spacial score (nSPS) is 13.8. The minimum Gasteiger partial charge on any atom is -0.294 e. The summed E-state index contributed by atoms with van der Waals surface area (Å²) in [5, 5.41) is 0.717. The third-order valence-corrected chi connectivity index (χ3v) is 4.93. The number of halogens is 1. The maximum atomic E-state index is 5.96. The van der Waals surface area contributed by atoms with Gasteiger partial charge in [-0.05, 0) is 35.9 Å². The molecule has 0 amide bonds. The van der Waals surface area contributed by atoms with E-state index in [1.165, 1.54) is 11.1 Å². The maximum Gasteiger partial charge on any atom is 0.159 e. The van der Waals surface area contributed by atoms with Crippen molar-refractivity contribution in [1.82, 2.24) is 14.9 Å². The number of benzene rings is 2. The summed E-state index contributed by atoms with van der Waals surface area (Å²) in [4.78, 5) is 11.7. The Hall–Kier alpha value is -2.67. The number of aromatic nitrogens is 2. The van der Waals surface area contributed by atoms with E-state index in [2.05, 4.69) is 21.9 Å². The number of fused-ring (bicyclic) bond motifs is 1. The fourth-order valence-corrected chi connectivity index (χ4v) is 3.41. The van der Waals surface area contributed by atoms with E-state index in [-0.39, 0.29) is 0 Å². The molecule has 0 saturated carbocycles. The number of nitrogens with zero attached hydrogens (tertiary/aromatic N) is 3. The summed E-state index contributed by atoms with van der Waals surface area (Å²) in [5.74, 6) is 3.53. The number of hydrogen-bond acceptors (Lipinski definition) is 3. The molecule has 2 aromatic carbocycles. The molecular formula is C22H18ClN3. The van der Waals surface area contributed by atoms with Crippen molar-refractivity contribution in [2.24, 2.45) is 0 Å². The van der Waals surface area contributed by atoms with Gasteiger partial charge < -0.3 is 0 Å². The summed E-state index contributed by atoms with van der Waals surface area (Å²) < 4.78 is 0. The van der Waals surface area contributed by atoms with Crippen LogP contribution in [0.25, 0.3) is 11.4 Å². The number of hydrogen-bond donors (Lipinski definition) is 0. The largest absolute Gasteiger partial charge is 0.294 e. The van der Waals surface area contributed by atoms with Crippen LogP contribution in [0.1, 0.15) is 22.4 Å². The lowest BCUT2D eigenvalue weighted by Crippen LogP contribution is -2.31. The van der Waals surface area contributed by atoms with E-state index >= 15 is 0 Å². The molecule has 0 spiro atoms. The average molecular weight is 360 g/mol. The van der Waals surface area contributed by atoms with Gasteiger partial charge in [-0.1, -0.05) is 35.7 Å². The second kappa shape index (κ2) is 7.29. The van der Waals surface area contributed by atoms with Crippen LogP contribution in [-0.4, -0.2) is 21.4 Å². The molecule has 128 valence electrons. The van der Waals surface area contributed by atoms with Crippen molar-refractivity contribution in [2.45, 2.75) is 19.5 Å². The minimum absolute atomic E-state index is 0.717. The molecule has 0 aliphatic carbocycles. The van der Waals surface area contributed by atoms with Gasteiger partial charge in [-0.3, -0.25) is 4.90 Å². The highest BCUT2D eigenvalue weighted by atomic mass is 35.5. The SMILES string of the molecule is C#Cc1ccccc1CN1CCc2nc(-c3ccc(Cl)cc3)ncc2C1. The number of rotatable bonds is 3. The molecule has 0 N–H and O–H groups in total. The molecule has 0 unspecified atom stereocenters. The average Bonchev–Trinajstić information content (AvgIpc) is 2.68. The van der Waals surface area contributed by atoms with E-state index in [0.717, 1.165) is 53.7 Å². The standard InChI is InChI=1S/C22H18ClN3/c1-2-16-5-3-4-6-18(16)14-26-12-11-21-19(15-26)13-24-22(25-21)17-7-9-20(23)10-8-17/h1,3-10,13H,11-12,14-15H2. The molecule has 0 fully saturated rings. The molecule has 1 aliphatic heterocycles. The highest BCUT2D eigenvalue weighted by Crippen LogP contribution is 2.23. The van der Waals surface area contributed by atoms with Gasteiger partial charge in [0.25, 0.3) is 0 Å². The zero-order chi connectivity index (χ0) is 17.9. The molecule has 2 heterocycles. The van der Waals surface area contributed by atoms with E-state index in [1.807, 2.05) is 48.7 Å². The molecule has 26 heavy (non-hydrogen) atoms. The van der Waals surface area contributed by atoms with E-state index in [1.54, 1.807) is 0 Å². The molecule has 3 aromatic rings. The van der Waals surface area contributed by atoms with Gasteiger partial charge in [-0.2, -0.15) is 0 Å². The first kappa shape index (κ1) is 16.8. The predicted molar refractivity (Wildman–Crippen MR) is 105 cm³/mol. The summed E-state index contributed by atoms with van der Waals surface area (Å²) in [6.45, 7) is 2.65. The highest BCUT2D eigenvalue weighted by Gasteiger charge is 2.19. The van der Waals surface area contributed by atoms with Gasteiger partial charge in [-0.25, -0.2) is 9.97 Å². The molecule has 3 nitrogen and oxygen atoms in total. The molecular weight excluding hydrogens is 342 g/mol. The van der Waals surface area contributed by atoms with Crippen LogP contribution in [0.5, 0.6) is 0 Å². The Morgan fingerprint density at radius 1 is 1.12 bits per heavy atom. The molecule has 0 bridgehead atoms. The van der Waals surface area contributed by atoms with Crippen molar-refractivity contribution in [2.75, 3.05) is 6.54 Å². The first-order valence-electron chi connectivity index (χ1n) is 8.60. The Kier molecular flexibility index (Phi) is 4.71. The smallest absolute Gasteiger partial charge is 0.159 e. The Balaban J connectivity index is 1.53. The van der Waals surface area contributed by atoms with Crippen LogP contribution >= 0.6 is 11.6 Å². The molecule has 0 radical (unpaired) electrons. The lowest BCUT2D eigenvalue weighted by atomic mass is 10.0. The Bertz CT molecular complexity index is 973. The van der Waals surface area contributed by atoms with Crippen LogP contribution in [0.15, 0.2) is 54.7 Å². The first-order chi connectivity index (χ1) is 12.7. The fraction of sp³-hybridized carbons (Fsp3) is 0.182. The highest BCUT2D eigenvalue weighted by molar-refractivity contribution is 6.30. The van der Waals surface area contributed by atoms with Crippen molar-refractivity contribution in [3.63, 3.8) is 0 Å². The van der Waals surface area contributed by atoms with Crippen LogP contribution in [0, 0.1) is 12.3 Å². The summed E-state index contributed by atoms with van der Waals surface area (Å²) in [6, 6.07) is 15.8. The number of terminal acetylenes is 1. The minimum atomic E-state index is 0.717. The lowest BCUT2D eigenvalue weighted by Gasteiger charge is -2.28. The van der Waals surface area contributed by atoms with Gasteiger partial charge in [0.05, 0.1) is 5.69 Å². The zero-order valence-electron chi connectivity index (χ0n) is 14.3. The summed E-state index contributed by atoms with van der Waals surface area (Å²) >= 11 is 5.96. The van der Waals surface area contributed by atoms with Crippen molar-refractivity contribution < 1.29 is 0 Å². The monoisotopic (exact) mass is 359 g/mol. The third-order valence-electron chi connectivity index (χ3n) is 4.68. The van der Waals surface area contributed by atoms with Crippen LogP contribution < -0.4 is 0 Å². The van der Waals surface area contributed by atoms with E-state index in [4.69, 9.17) is 23.0 Å². The van der Waals surface area contributed by atoms with Crippen LogP contribution in [-0.2, 0) is 19.5 Å². The Labute approximate surface area is 158 Å². The topological polar surface area (TPSA) is 29.0 Å². The molecule has 0 saturated heterocycles. The van der Waals surface area contributed by atoms with E-state index in [0.29, 0.717) is 0 Å². The molecule has 1 aliphatic rings. The lowest BCUT2D eigenvalue weighted by molar-refractivity contribution is 0.243. The van der Waals surface area contributed by atoms with Crippen LogP contribution in [0.2, 0.25) is 5.02 Å². The Morgan fingerprint density at radius 2 is 1.92 bits per heavy atom. The van der Waals surface area contributed by atoms with Gasteiger partial charge in [0.1, 0.15) is 0 Å². The van der Waals surface area contributed by atoms with Crippen molar-refractivity contribution in [1.29, 1.82) is 0 Å². The van der Waals surface area contributed by atoms with Gasteiger partial charge in [-0.15, -0.1) is 6.42 Å². The van der Waals surface area contributed by atoms with Gasteiger partial charge >= 0.3 is 0 Å². The van der Waals surface area contributed by atoms with Crippen molar-refractivity contribution in [3.8, 4) is 23.7 Å². The Morgan fingerprint density at radius 3 is 2.73 bits per heavy atom.